The monoisotopic (exact) mass is 1010 g/mol. The van der Waals surface area contributed by atoms with Crippen LogP contribution in [-0.2, 0) is 48.4 Å². The maximum Gasteiger partial charge on any atom is 0.312 e. The topological polar surface area (TPSA) is 161 Å². The summed E-state index contributed by atoms with van der Waals surface area (Å²) in [5.74, 6) is -2.35. The van der Waals surface area contributed by atoms with Gasteiger partial charge in [-0.15, -0.1) is 0 Å². The Morgan fingerprint density at radius 2 is 0.917 bits per heavy atom. The molecule has 72 heavy (non-hydrogen) atoms. The third-order valence-electron chi connectivity index (χ3n) is 13.0. The maximum absolute atomic E-state index is 13.3. The van der Waals surface area contributed by atoms with Crippen molar-refractivity contribution in [3.8, 4) is 11.5 Å². The Hall–Kier alpha value is -4.74. The molecule has 1 N–H and O–H groups in total. The summed E-state index contributed by atoms with van der Waals surface area (Å²) in [6, 6.07) is 10.1. The number of aryl methyl sites for hydroxylation is 2. The van der Waals surface area contributed by atoms with Crippen LogP contribution in [0.4, 0.5) is 5.69 Å². The third kappa shape index (κ3) is 31.0. The Labute approximate surface area is 434 Å². The van der Waals surface area contributed by atoms with Crippen LogP contribution >= 0.6 is 0 Å². The van der Waals surface area contributed by atoms with Crippen LogP contribution in [-0.4, -0.2) is 55.1 Å². The molecular formula is C60H95NO11. The predicted octanol–water partition coefficient (Wildman–Crippen LogP) is 15.2. The van der Waals surface area contributed by atoms with Crippen LogP contribution in [0.1, 0.15) is 250 Å². The second-order valence-corrected chi connectivity index (χ2v) is 20.6. The minimum atomic E-state index is -1.04. The quantitative estimate of drug-likeness (QED) is 0.0292. The van der Waals surface area contributed by atoms with Crippen LogP contribution in [0.3, 0.4) is 0 Å². The molecule has 0 atom stereocenters. The number of unbranched alkanes of at least 4 members (excludes halogenated alkanes) is 24. The van der Waals surface area contributed by atoms with Crippen LogP contribution in [0.15, 0.2) is 36.4 Å². The van der Waals surface area contributed by atoms with E-state index in [0.29, 0.717) is 29.8 Å². The molecule has 0 unspecified atom stereocenters. The van der Waals surface area contributed by atoms with Gasteiger partial charge in [-0.05, 0) is 68.1 Å². The number of hydrogen-bond donors (Lipinski definition) is 1. The Morgan fingerprint density at radius 1 is 0.500 bits per heavy atom. The molecule has 0 bridgehead atoms. The van der Waals surface area contributed by atoms with Gasteiger partial charge in [0, 0.05) is 36.4 Å². The predicted molar refractivity (Wildman–Crippen MR) is 287 cm³/mol. The zero-order valence-electron chi connectivity index (χ0n) is 45.9. The molecular weight excluding hydrogens is 911 g/mol. The zero-order valence-corrected chi connectivity index (χ0v) is 45.9. The highest BCUT2D eigenvalue weighted by molar-refractivity contribution is 5.88. The molecule has 1 amide bonds. The smallest absolute Gasteiger partial charge is 0.312 e. The van der Waals surface area contributed by atoms with Crippen molar-refractivity contribution in [1.82, 2.24) is 0 Å². The molecule has 0 fully saturated rings. The lowest BCUT2D eigenvalue weighted by Gasteiger charge is -2.28. The van der Waals surface area contributed by atoms with E-state index in [1.807, 2.05) is 33.8 Å². The van der Waals surface area contributed by atoms with Crippen molar-refractivity contribution in [2.45, 2.75) is 259 Å². The summed E-state index contributed by atoms with van der Waals surface area (Å²) in [4.78, 5) is 76.7. The largest absolute Gasteiger partial charge is 0.462 e. The Morgan fingerprint density at radius 3 is 1.35 bits per heavy atom. The summed E-state index contributed by atoms with van der Waals surface area (Å²) >= 11 is 0. The first-order valence-corrected chi connectivity index (χ1v) is 28.0. The molecule has 2 aromatic rings. The molecule has 0 spiro atoms. The van der Waals surface area contributed by atoms with Crippen molar-refractivity contribution in [1.29, 1.82) is 0 Å². The highest BCUT2D eigenvalue weighted by atomic mass is 16.6. The number of esters is 5. The van der Waals surface area contributed by atoms with Gasteiger partial charge in [0.1, 0.15) is 24.7 Å². The molecule has 0 aliphatic heterocycles. The van der Waals surface area contributed by atoms with E-state index in [4.69, 9.17) is 23.7 Å². The summed E-state index contributed by atoms with van der Waals surface area (Å²) in [6.07, 6.45) is 29.9. The standard InChI is InChI=1S/C60H95NO11/c1-8-10-12-14-16-18-20-22-24-26-28-30-32-34-54(63)68-45-52(46-69-55(64)35-33-31-29-27-25-23-21-19-17-15-13-11-9-2)71-56(65)40-41-57(66)72-53-43-47(3)42-48(4)59(53)60(6,7)44-58(67)70-51-38-36-50(37-39-51)61-49(5)62/h36-39,42-43,52H,8-35,40-41,44-46H2,1-7H3,(H,61,62). The molecule has 0 aliphatic carbocycles. The molecule has 0 saturated carbocycles. The van der Waals surface area contributed by atoms with Crippen LogP contribution in [0, 0.1) is 13.8 Å². The van der Waals surface area contributed by atoms with Crippen molar-refractivity contribution in [2.24, 2.45) is 0 Å². The summed E-state index contributed by atoms with van der Waals surface area (Å²) in [7, 11) is 0. The van der Waals surface area contributed by atoms with E-state index in [1.54, 1.807) is 30.3 Å². The van der Waals surface area contributed by atoms with Gasteiger partial charge in [-0.1, -0.05) is 188 Å². The van der Waals surface area contributed by atoms with E-state index in [9.17, 15) is 28.8 Å². The summed E-state index contributed by atoms with van der Waals surface area (Å²) in [5.41, 5.74) is 2.03. The van der Waals surface area contributed by atoms with E-state index in [2.05, 4.69) is 19.2 Å². The summed E-state index contributed by atoms with van der Waals surface area (Å²) in [6.45, 7) is 12.8. The lowest BCUT2D eigenvalue weighted by molar-refractivity contribution is -0.167. The molecule has 2 aromatic carbocycles. The molecule has 12 nitrogen and oxygen atoms in total. The van der Waals surface area contributed by atoms with E-state index in [0.717, 1.165) is 49.7 Å². The third-order valence-corrected chi connectivity index (χ3v) is 13.0. The number of amides is 1. The molecule has 12 heteroatoms. The van der Waals surface area contributed by atoms with Gasteiger partial charge in [-0.25, -0.2) is 0 Å². The molecule has 406 valence electrons. The van der Waals surface area contributed by atoms with Gasteiger partial charge < -0.3 is 29.0 Å². The number of carbonyl (C=O) groups excluding carboxylic acids is 6. The van der Waals surface area contributed by atoms with E-state index >= 15 is 0 Å². The second-order valence-electron chi connectivity index (χ2n) is 20.6. The minimum absolute atomic E-state index is 0.0451. The Bertz CT molecular complexity index is 1810. The van der Waals surface area contributed by atoms with Crippen molar-refractivity contribution >= 4 is 41.4 Å². The number of nitrogens with one attached hydrogen (secondary N) is 1. The van der Waals surface area contributed by atoms with Crippen molar-refractivity contribution in [3.63, 3.8) is 0 Å². The molecule has 0 aromatic heterocycles. The van der Waals surface area contributed by atoms with Crippen LogP contribution in [0.25, 0.3) is 0 Å². The Balaban J connectivity index is 1.91. The number of hydrogen-bond acceptors (Lipinski definition) is 11. The first-order valence-electron chi connectivity index (χ1n) is 28.0. The van der Waals surface area contributed by atoms with Gasteiger partial charge in [0.2, 0.25) is 5.91 Å². The normalized spacial score (nSPS) is 11.3. The van der Waals surface area contributed by atoms with Gasteiger partial charge >= 0.3 is 29.8 Å². The van der Waals surface area contributed by atoms with Gasteiger partial charge in [-0.2, -0.15) is 0 Å². The highest BCUT2D eigenvalue weighted by Gasteiger charge is 2.32. The molecule has 0 saturated heterocycles. The van der Waals surface area contributed by atoms with Crippen LogP contribution < -0.4 is 14.8 Å². The van der Waals surface area contributed by atoms with Crippen molar-refractivity contribution in [3.05, 3.63) is 53.1 Å². The number of anilines is 1. The molecule has 0 heterocycles. The summed E-state index contributed by atoms with van der Waals surface area (Å²) in [5, 5.41) is 2.67. The molecule has 0 aliphatic rings. The number of ether oxygens (including phenoxy) is 5. The van der Waals surface area contributed by atoms with Gasteiger partial charge in [0.25, 0.3) is 0 Å². The van der Waals surface area contributed by atoms with Crippen molar-refractivity contribution in [2.75, 3.05) is 18.5 Å². The SMILES string of the molecule is CCCCCCCCCCCCCCCC(=O)OCC(COC(=O)CCCCCCCCCCCCCCC)OC(=O)CCC(=O)Oc1cc(C)cc(C)c1C(C)(C)CC(=O)Oc1ccc(NC(C)=O)cc1. The second kappa shape index (κ2) is 38.8. The Kier molecular flexibility index (Phi) is 34.2. The van der Waals surface area contributed by atoms with Gasteiger partial charge in [-0.3, -0.25) is 28.8 Å². The fourth-order valence-corrected chi connectivity index (χ4v) is 9.13. The van der Waals surface area contributed by atoms with E-state index < -0.39 is 41.4 Å². The fraction of sp³-hybridized carbons (Fsp3) is 0.700. The van der Waals surface area contributed by atoms with Crippen LogP contribution in [0.5, 0.6) is 11.5 Å². The number of carbonyl (C=O) groups is 6. The van der Waals surface area contributed by atoms with E-state index in [1.165, 1.54) is 122 Å². The zero-order chi connectivity index (χ0) is 52.8. The first-order chi connectivity index (χ1) is 34.6. The highest BCUT2D eigenvalue weighted by Crippen LogP contribution is 2.38. The van der Waals surface area contributed by atoms with E-state index in [-0.39, 0.29) is 57.0 Å². The molecule has 2 rings (SSSR count). The molecule has 0 radical (unpaired) electrons. The average molecular weight is 1010 g/mol. The lowest BCUT2D eigenvalue weighted by Crippen LogP contribution is -2.31. The minimum Gasteiger partial charge on any atom is -0.462 e. The lowest BCUT2D eigenvalue weighted by atomic mass is 9.78. The first kappa shape index (κ1) is 63.4. The number of benzene rings is 2. The average Bonchev–Trinajstić information content (AvgIpc) is 3.32. The van der Waals surface area contributed by atoms with Gasteiger partial charge in [0.15, 0.2) is 6.10 Å². The number of rotatable bonds is 42. The fourth-order valence-electron chi connectivity index (χ4n) is 9.13. The maximum atomic E-state index is 13.3. The van der Waals surface area contributed by atoms with Crippen LogP contribution in [0.2, 0.25) is 0 Å². The summed E-state index contributed by atoms with van der Waals surface area (Å²) < 4.78 is 28.2. The van der Waals surface area contributed by atoms with Crippen molar-refractivity contribution < 1.29 is 52.5 Å². The van der Waals surface area contributed by atoms with Gasteiger partial charge in [0.05, 0.1) is 19.3 Å².